The summed E-state index contributed by atoms with van der Waals surface area (Å²) in [5.74, 6) is 0.354. The molecule has 2 heterocycles. The quantitative estimate of drug-likeness (QED) is 0.501. The number of H-pyrrole nitrogens is 1. The third-order valence-electron chi connectivity index (χ3n) is 4.02. The summed E-state index contributed by atoms with van der Waals surface area (Å²) in [6.07, 6.45) is 0. The molecule has 1 amide bonds. The number of nitrogens with zero attached hydrogens (tertiary/aromatic N) is 2. The first-order valence-electron chi connectivity index (χ1n) is 8.93. The molecule has 27 heavy (non-hydrogen) atoms. The zero-order chi connectivity index (χ0) is 19.6. The van der Waals surface area contributed by atoms with Crippen molar-refractivity contribution < 1.29 is 4.79 Å². The lowest BCUT2D eigenvalue weighted by atomic mass is 10.2. The van der Waals surface area contributed by atoms with Gasteiger partial charge in [0.1, 0.15) is 5.52 Å². The van der Waals surface area contributed by atoms with Crippen molar-refractivity contribution in [2.45, 2.75) is 39.4 Å². The van der Waals surface area contributed by atoms with Gasteiger partial charge < -0.3 is 10.3 Å². The van der Waals surface area contributed by atoms with E-state index < -0.39 is 0 Å². The number of rotatable bonds is 6. The van der Waals surface area contributed by atoms with Crippen molar-refractivity contribution in [3.63, 3.8) is 0 Å². The highest BCUT2D eigenvalue weighted by Gasteiger charge is 2.15. The molecule has 7 heteroatoms. The summed E-state index contributed by atoms with van der Waals surface area (Å²) in [5, 5.41) is 3.46. The van der Waals surface area contributed by atoms with E-state index in [9.17, 15) is 9.59 Å². The van der Waals surface area contributed by atoms with Crippen molar-refractivity contribution in [2.24, 2.45) is 5.92 Å². The second-order valence-corrected chi connectivity index (χ2v) is 8.07. The molecule has 2 N–H and O–H groups in total. The fraction of sp³-hybridized carbons (Fsp3) is 0.350. The van der Waals surface area contributed by atoms with E-state index in [1.54, 1.807) is 4.57 Å². The number of aryl methyl sites for hydroxylation is 2. The van der Waals surface area contributed by atoms with Crippen molar-refractivity contribution in [3.05, 3.63) is 51.9 Å². The van der Waals surface area contributed by atoms with E-state index >= 15 is 0 Å². The highest BCUT2D eigenvalue weighted by molar-refractivity contribution is 7.99. The average Bonchev–Trinajstić information content (AvgIpc) is 2.96. The van der Waals surface area contributed by atoms with Gasteiger partial charge in [0.05, 0.1) is 11.3 Å². The molecule has 0 spiro atoms. The molecule has 0 bridgehead atoms. The first-order chi connectivity index (χ1) is 12.8. The van der Waals surface area contributed by atoms with E-state index in [1.807, 2.05) is 44.2 Å². The van der Waals surface area contributed by atoms with E-state index in [4.69, 9.17) is 0 Å². The largest absolute Gasteiger partial charge is 0.353 e. The van der Waals surface area contributed by atoms with Crippen LogP contribution in [0.3, 0.4) is 0 Å². The van der Waals surface area contributed by atoms with Gasteiger partial charge in [-0.15, -0.1) is 0 Å². The molecule has 142 valence electrons. The van der Waals surface area contributed by atoms with Crippen LogP contribution >= 0.6 is 11.8 Å². The molecule has 3 aromatic rings. The Labute approximate surface area is 162 Å². The van der Waals surface area contributed by atoms with Crippen LogP contribution < -0.4 is 10.9 Å². The molecule has 0 fully saturated rings. The van der Waals surface area contributed by atoms with Gasteiger partial charge in [-0.2, -0.15) is 0 Å². The topological polar surface area (TPSA) is 79.8 Å². The van der Waals surface area contributed by atoms with Gasteiger partial charge >= 0.3 is 0 Å². The van der Waals surface area contributed by atoms with Crippen LogP contribution in [0.2, 0.25) is 0 Å². The molecular weight excluding hydrogens is 360 g/mol. The Kier molecular flexibility index (Phi) is 5.70. The fourth-order valence-electron chi connectivity index (χ4n) is 2.90. The number of anilines is 1. The summed E-state index contributed by atoms with van der Waals surface area (Å²) >= 11 is 1.28. The number of fused-ring (bicyclic) bond motifs is 1. The lowest BCUT2D eigenvalue weighted by molar-refractivity contribution is -0.113. The summed E-state index contributed by atoms with van der Waals surface area (Å²) in [6, 6.07) is 9.52. The molecule has 0 aliphatic carbocycles. The average molecular weight is 385 g/mol. The van der Waals surface area contributed by atoms with Crippen LogP contribution in [0.5, 0.6) is 0 Å². The monoisotopic (exact) mass is 384 g/mol. The third kappa shape index (κ3) is 4.60. The van der Waals surface area contributed by atoms with Crippen molar-refractivity contribution in [1.29, 1.82) is 0 Å². The second-order valence-electron chi connectivity index (χ2n) is 7.12. The van der Waals surface area contributed by atoms with Gasteiger partial charge in [-0.25, -0.2) is 4.98 Å². The van der Waals surface area contributed by atoms with E-state index in [0.717, 1.165) is 16.9 Å². The number of benzene rings is 1. The summed E-state index contributed by atoms with van der Waals surface area (Å²) in [6.45, 7) is 8.54. The van der Waals surface area contributed by atoms with Gasteiger partial charge in [0.15, 0.2) is 5.16 Å². The summed E-state index contributed by atoms with van der Waals surface area (Å²) in [5.41, 5.74) is 3.81. The van der Waals surface area contributed by atoms with Crippen molar-refractivity contribution in [3.8, 4) is 0 Å². The standard InChI is InChI=1S/C20H24N4O2S/c1-12(2)10-24-19(26)18-16(9-14(4)21-18)23-20(24)27-11-17(25)22-15-7-5-6-13(3)8-15/h5-9,12,21H,10-11H2,1-4H3,(H,22,25). The predicted octanol–water partition coefficient (Wildman–Crippen LogP) is 3.73. The number of hydrogen-bond donors (Lipinski definition) is 2. The van der Waals surface area contributed by atoms with Crippen LogP contribution in [0.15, 0.2) is 40.3 Å². The van der Waals surface area contributed by atoms with Gasteiger partial charge in [-0.05, 0) is 43.5 Å². The zero-order valence-corrected chi connectivity index (χ0v) is 16.8. The highest BCUT2D eigenvalue weighted by atomic mass is 32.2. The summed E-state index contributed by atoms with van der Waals surface area (Å²) in [4.78, 5) is 32.9. The molecule has 6 nitrogen and oxygen atoms in total. The molecule has 0 radical (unpaired) electrons. The molecule has 0 saturated carbocycles. The third-order valence-corrected chi connectivity index (χ3v) is 5.00. The normalized spacial score (nSPS) is 11.3. The minimum Gasteiger partial charge on any atom is -0.353 e. The SMILES string of the molecule is Cc1cccc(NC(=O)CSc2nc3cc(C)[nH]c3c(=O)n2CC(C)C)c1. The molecule has 1 aromatic carbocycles. The summed E-state index contributed by atoms with van der Waals surface area (Å²) in [7, 11) is 0. The number of thioether (sulfide) groups is 1. The first-order valence-corrected chi connectivity index (χ1v) is 9.91. The number of carbonyl (C=O) groups excluding carboxylic acids is 1. The number of nitrogens with one attached hydrogen (secondary N) is 2. The maximum Gasteiger partial charge on any atom is 0.278 e. The van der Waals surface area contributed by atoms with E-state index in [2.05, 4.69) is 29.1 Å². The van der Waals surface area contributed by atoms with Crippen LogP contribution in [0.1, 0.15) is 25.1 Å². The Morgan fingerprint density at radius 3 is 2.78 bits per heavy atom. The highest BCUT2D eigenvalue weighted by Crippen LogP contribution is 2.20. The molecule has 0 aliphatic rings. The number of carbonyl (C=O) groups is 1. The minimum absolute atomic E-state index is 0.0941. The fourth-order valence-corrected chi connectivity index (χ4v) is 3.71. The predicted molar refractivity (Wildman–Crippen MR) is 110 cm³/mol. The van der Waals surface area contributed by atoms with Gasteiger partial charge in [0.2, 0.25) is 5.91 Å². The molecule has 0 saturated heterocycles. The Hall–Kier alpha value is -2.54. The van der Waals surface area contributed by atoms with Gasteiger partial charge in [-0.3, -0.25) is 14.2 Å². The number of aromatic amines is 1. The van der Waals surface area contributed by atoms with Crippen molar-refractivity contribution in [1.82, 2.24) is 14.5 Å². The Morgan fingerprint density at radius 1 is 1.30 bits per heavy atom. The van der Waals surface area contributed by atoms with Crippen LogP contribution in [-0.2, 0) is 11.3 Å². The Morgan fingerprint density at radius 2 is 2.07 bits per heavy atom. The van der Waals surface area contributed by atoms with E-state index in [-0.39, 0.29) is 17.2 Å². The van der Waals surface area contributed by atoms with Crippen LogP contribution in [0, 0.1) is 19.8 Å². The van der Waals surface area contributed by atoms with Crippen molar-refractivity contribution >= 4 is 34.4 Å². The first kappa shape index (κ1) is 19.2. The molecular formula is C20H24N4O2S. The van der Waals surface area contributed by atoms with Crippen LogP contribution in [-0.4, -0.2) is 26.2 Å². The molecule has 2 aromatic heterocycles. The second kappa shape index (κ2) is 8.00. The maximum atomic E-state index is 12.8. The Bertz CT molecular complexity index is 1040. The zero-order valence-electron chi connectivity index (χ0n) is 16.0. The van der Waals surface area contributed by atoms with Crippen molar-refractivity contribution in [2.75, 3.05) is 11.1 Å². The Balaban J connectivity index is 1.82. The van der Waals surface area contributed by atoms with Crippen LogP contribution in [0.25, 0.3) is 11.0 Å². The number of amides is 1. The number of aromatic nitrogens is 3. The molecule has 0 aliphatic heterocycles. The minimum atomic E-state index is -0.124. The van der Waals surface area contributed by atoms with Gasteiger partial charge in [0.25, 0.3) is 5.56 Å². The smallest absolute Gasteiger partial charge is 0.278 e. The summed E-state index contributed by atoms with van der Waals surface area (Å²) < 4.78 is 1.66. The van der Waals surface area contributed by atoms with Gasteiger partial charge in [0, 0.05) is 17.9 Å². The molecule has 0 unspecified atom stereocenters. The van der Waals surface area contributed by atoms with Gasteiger partial charge in [-0.1, -0.05) is 37.7 Å². The number of hydrogen-bond acceptors (Lipinski definition) is 4. The maximum absolute atomic E-state index is 12.8. The van der Waals surface area contributed by atoms with Crippen LogP contribution in [0.4, 0.5) is 5.69 Å². The molecule has 3 rings (SSSR count). The lowest BCUT2D eigenvalue weighted by Gasteiger charge is -2.14. The van der Waals surface area contributed by atoms with E-state index in [1.165, 1.54) is 11.8 Å². The molecule has 0 atom stereocenters. The van der Waals surface area contributed by atoms with E-state index in [0.29, 0.717) is 28.7 Å². The lowest BCUT2D eigenvalue weighted by Crippen LogP contribution is -2.26.